The Labute approximate surface area is 138 Å². The first-order valence-corrected chi connectivity index (χ1v) is 7.03. The molecule has 0 bridgehead atoms. The molecule has 0 amide bonds. The van der Waals surface area contributed by atoms with Crippen molar-refractivity contribution >= 4 is 17.8 Å². The molecule has 0 saturated carbocycles. The van der Waals surface area contributed by atoms with Crippen LogP contribution in [0.4, 0.5) is 5.88 Å². The lowest BCUT2D eigenvalue weighted by Crippen LogP contribution is -2.39. The Morgan fingerprint density at radius 1 is 1.17 bits per heavy atom. The van der Waals surface area contributed by atoms with Crippen LogP contribution in [-0.2, 0) is 19.1 Å². The summed E-state index contributed by atoms with van der Waals surface area (Å²) in [6.07, 6.45) is 0. The summed E-state index contributed by atoms with van der Waals surface area (Å²) in [4.78, 5) is 23.4. The molecule has 1 N–H and O–H groups in total. The van der Waals surface area contributed by atoms with Crippen molar-refractivity contribution in [3.05, 3.63) is 41.5 Å². The van der Waals surface area contributed by atoms with Crippen molar-refractivity contribution in [3.63, 3.8) is 0 Å². The highest BCUT2D eigenvalue weighted by Crippen LogP contribution is 2.29. The fraction of sp³-hybridized carbons (Fsp3) is 0.235. The molecule has 0 radical (unpaired) electrons. The van der Waals surface area contributed by atoms with Gasteiger partial charge in [0, 0.05) is 11.6 Å². The number of methoxy groups -OCH3 is 2. The van der Waals surface area contributed by atoms with E-state index in [1.807, 2.05) is 37.3 Å². The minimum Gasteiger partial charge on any atom is -0.467 e. The number of nitrogens with one attached hydrogen (secondary N) is 1. The first-order chi connectivity index (χ1) is 11.5. The van der Waals surface area contributed by atoms with Gasteiger partial charge in [-0.1, -0.05) is 29.8 Å². The number of ether oxygens (including phenoxy) is 2. The topological polar surface area (TPSA) is 102 Å². The maximum atomic E-state index is 11.7. The van der Waals surface area contributed by atoms with Crippen molar-refractivity contribution in [2.24, 2.45) is 0 Å². The molecule has 7 nitrogen and oxygen atoms in total. The third-order valence-electron chi connectivity index (χ3n) is 3.34. The van der Waals surface area contributed by atoms with Crippen LogP contribution in [-0.4, -0.2) is 32.2 Å². The van der Waals surface area contributed by atoms with Gasteiger partial charge in [-0.2, -0.15) is 5.26 Å². The fourth-order valence-electron chi connectivity index (χ4n) is 2.02. The third-order valence-corrected chi connectivity index (χ3v) is 3.34. The molecule has 0 atom stereocenters. The summed E-state index contributed by atoms with van der Waals surface area (Å²) in [6.45, 7) is 1.96. The number of nitrogens with zero attached hydrogens (tertiary/aromatic N) is 1. The van der Waals surface area contributed by atoms with Crippen molar-refractivity contribution in [1.82, 2.24) is 0 Å². The second-order valence-electron chi connectivity index (χ2n) is 4.95. The van der Waals surface area contributed by atoms with Crippen LogP contribution in [0.3, 0.4) is 0 Å². The third kappa shape index (κ3) is 3.55. The fourth-order valence-corrected chi connectivity index (χ4v) is 2.02. The number of rotatable bonds is 5. The molecule has 0 unspecified atom stereocenters. The summed E-state index contributed by atoms with van der Waals surface area (Å²) in [5, 5.41) is 11.8. The normalized spacial score (nSPS) is 10.1. The average molecular weight is 328 g/mol. The molecule has 1 aromatic carbocycles. The van der Waals surface area contributed by atoms with E-state index in [9.17, 15) is 14.9 Å². The Balaban J connectivity index is 2.36. The number of nitriles is 1. The number of carbonyl (C=O) groups excluding carboxylic acids is 2. The zero-order chi connectivity index (χ0) is 17.7. The predicted octanol–water partition coefficient (Wildman–Crippen LogP) is 2.25. The standard InChI is InChI=1S/C17H16N2O5/c1-10-4-6-11(7-5-10)13-8-12(9-18)15(24-13)19-14(16(20)22-2)17(21)23-3/h4-8,14,19H,1-3H3. The van der Waals surface area contributed by atoms with E-state index in [1.165, 1.54) is 6.07 Å². The van der Waals surface area contributed by atoms with E-state index in [1.54, 1.807) is 0 Å². The van der Waals surface area contributed by atoms with Crippen molar-refractivity contribution in [2.75, 3.05) is 19.5 Å². The minimum atomic E-state index is -1.43. The summed E-state index contributed by atoms with van der Waals surface area (Å²) in [7, 11) is 2.29. The van der Waals surface area contributed by atoms with E-state index >= 15 is 0 Å². The summed E-state index contributed by atoms with van der Waals surface area (Å²) in [6, 6.07) is 9.56. The van der Waals surface area contributed by atoms with Gasteiger partial charge in [0.2, 0.25) is 11.9 Å². The van der Waals surface area contributed by atoms with Gasteiger partial charge < -0.3 is 19.2 Å². The van der Waals surface area contributed by atoms with E-state index in [4.69, 9.17) is 4.42 Å². The van der Waals surface area contributed by atoms with E-state index in [0.717, 1.165) is 25.3 Å². The highest BCUT2D eigenvalue weighted by Gasteiger charge is 2.30. The monoisotopic (exact) mass is 328 g/mol. The molecule has 124 valence electrons. The average Bonchev–Trinajstić information content (AvgIpc) is 3.01. The lowest BCUT2D eigenvalue weighted by molar-refractivity contribution is -0.152. The number of furan rings is 1. The molecule has 0 saturated heterocycles. The molecule has 1 heterocycles. The molecule has 2 aromatic rings. The highest BCUT2D eigenvalue weighted by molar-refractivity contribution is 6.02. The van der Waals surface area contributed by atoms with Crippen LogP contribution < -0.4 is 5.32 Å². The van der Waals surface area contributed by atoms with Gasteiger partial charge in [0.05, 0.1) is 14.2 Å². The quantitative estimate of drug-likeness (QED) is 0.663. The number of carbonyl (C=O) groups is 2. The molecule has 0 spiro atoms. The van der Waals surface area contributed by atoms with Crippen LogP contribution in [0.25, 0.3) is 11.3 Å². The highest BCUT2D eigenvalue weighted by atomic mass is 16.5. The molecule has 24 heavy (non-hydrogen) atoms. The number of benzene rings is 1. The van der Waals surface area contributed by atoms with Crippen LogP contribution in [0.1, 0.15) is 11.1 Å². The Kier molecular flexibility index (Phi) is 5.22. The summed E-state index contributed by atoms with van der Waals surface area (Å²) >= 11 is 0. The van der Waals surface area contributed by atoms with Crippen LogP contribution in [0.15, 0.2) is 34.7 Å². The van der Waals surface area contributed by atoms with E-state index in [0.29, 0.717) is 5.76 Å². The molecular weight excluding hydrogens is 312 g/mol. The lowest BCUT2D eigenvalue weighted by Gasteiger charge is -2.13. The maximum Gasteiger partial charge on any atom is 0.340 e. The van der Waals surface area contributed by atoms with Crippen LogP contribution in [0.5, 0.6) is 0 Å². The van der Waals surface area contributed by atoms with Crippen molar-refractivity contribution in [3.8, 4) is 17.4 Å². The Morgan fingerprint density at radius 2 is 1.75 bits per heavy atom. The van der Waals surface area contributed by atoms with E-state index in [-0.39, 0.29) is 11.4 Å². The van der Waals surface area contributed by atoms with Gasteiger partial charge >= 0.3 is 11.9 Å². The molecule has 0 aliphatic rings. The van der Waals surface area contributed by atoms with E-state index < -0.39 is 18.0 Å². The van der Waals surface area contributed by atoms with Gasteiger partial charge in [-0.05, 0) is 6.92 Å². The van der Waals surface area contributed by atoms with Crippen LogP contribution in [0.2, 0.25) is 0 Å². The lowest BCUT2D eigenvalue weighted by atomic mass is 10.1. The molecule has 1 aromatic heterocycles. The molecule has 0 aliphatic heterocycles. The van der Waals surface area contributed by atoms with Gasteiger partial charge in [0.1, 0.15) is 17.4 Å². The summed E-state index contributed by atoms with van der Waals surface area (Å²) < 4.78 is 14.7. The minimum absolute atomic E-state index is 0.00567. The molecule has 0 aliphatic carbocycles. The van der Waals surface area contributed by atoms with Crippen molar-refractivity contribution in [1.29, 1.82) is 5.26 Å². The Bertz CT molecular complexity index is 770. The largest absolute Gasteiger partial charge is 0.467 e. The first-order valence-electron chi connectivity index (χ1n) is 7.03. The van der Waals surface area contributed by atoms with Gasteiger partial charge in [-0.25, -0.2) is 9.59 Å². The smallest absolute Gasteiger partial charge is 0.340 e. The summed E-state index contributed by atoms with van der Waals surface area (Å²) in [5.74, 6) is -1.27. The number of aryl methyl sites for hydroxylation is 1. The van der Waals surface area contributed by atoms with Gasteiger partial charge in [-0.15, -0.1) is 0 Å². The Morgan fingerprint density at radius 3 is 2.25 bits per heavy atom. The summed E-state index contributed by atoms with van der Waals surface area (Å²) in [5.41, 5.74) is 2.00. The van der Waals surface area contributed by atoms with Crippen LogP contribution in [0, 0.1) is 18.3 Å². The predicted molar refractivity (Wildman–Crippen MR) is 85.0 cm³/mol. The first kappa shape index (κ1) is 17.1. The van der Waals surface area contributed by atoms with Gasteiger partial charge in [-0.3, -0.25) is 0 Å². The molecular formula is C17H16N2O5. The molecule has 0 fully saturated rings. The maximum absolute atomic E-state index is 11.7. The Hall–Kier alpha value is -3.27. The SMILES string of the molecule is COC(=O)C(Nc1oc(-c2ccc(C)cc2)cc1C#N)C(=O)OC. The number of hydrogen-bond acceptors (Lipinski definition) is 7. The van der Waals surface area contributed by atoms with Gasteiger partial charge in [0.15, 0.2) is 0 Å². The van der Waals surface area contributed by atoms with E-state index in [2.05, 4.69) is 14.8 Å². The second-order valence-corrected chi connectivity index (χ2v) is 4.95. The van der Waals surface area contributed by atoms with Crippen molar-refractivity contribution < 1.29 is 23.5 Å². The van der Waals surface area contributed by atoms with Gasteiger partial charge in [0.25, 0.3) is 0 Å². The van der Waals surface area contributed by atoms with Crippen LogP contribution >= 0.6 is 0 Å². The molecule has 7 heteroatoms. The number of esters is 2. The molecule has 2 rings (SSSR count). The van der Waals surface area contributed by atoms with Crippen molar-refractivity contribution in [2.45, 2.75) is 13.0 Å². The zero-order valence-corrected chi connectivity index (χ0v) is 13.5. The second kappa shape index (κ2) is 7.33. The zero-order valence-electron chi connectivity index (χ0n) is 13.5. The number of hydrogen-bond donors (Lipinski definition) is 1. The number of anilines is 1.